The highest BCUT2D eigenvalue weighted by molar-refractivity contribution is 5.46. The third kappa shape index (κ3) is 2.74. The molecule has 2 rings (SSSR count). The highest BCUT2D eigenvalue weighted by Crippen LogP contribution is 2.33. The molecular weight excluding hydrogens is 275 g/mol. The molecule has 0 aliphatic rings. The predicted octanol–water partition coefficient (Wildman–Crippen LogP) is 3.01. The molecule has 2 N–H and O–H groups in total. The highest BCUT2D eigenvalue weighted by atomic mass is 19.4. The molecule has 0 amide bonds. The van der Waals surface area contributed by atoms with Gasteiger partial charge in [-0.05, 0) is 18.2 Å². The molecule has 0 unspecified atom stereocenters. The number of halogens is 3. The lowest BCUT2D eigenvalue weighted by atomic mass is 10.2. The summed E-state index contributed by atoms with van der Waals surface area (Å²) in [5, 5.41) is 19.0. The van der Waals surface area contributed by atoms with Crippen LogP contribution in [0.25, 0.3) is 0 Å². The molecule has 0 saturated heterocycles. The van der Waals surface area contributed by atoms with Gasteiger partial charge in [-0.1, -0.05) is 6.07 Å². The summed E-state index contributed by atoms with van der Waals surface area (Å²) < 4.78 is 37.7. The number of hydrogen-bond donors (Lipinski definition) is 2. The summed E-state index contributed by atoms with van der Waals surface area (Å²) in [4.78, 5) is 11.2. The predicted molar refractivity (Wildman–Crippen MR) is 61.7 cm³/mol. The quantitative estimate of drug-likeness (QED) is 0.827. The van der Waals surface area contributed by atoms with Crippen LogP contribution >= 0.6 is 0 Å². The highest BCUT2D eigenvalue weighted by Gasteiger charge is 2.37. The van der Waals surface area contributed by atoms with E-state index in [4.69, 9.17) is 5.26 Å². The van der Waals surface area contributed by atoms with Crippen LogP contribution in [0.15, 0.2) is 39.3 Å². The molecule has 6 nitrogen and oxygen atoms in total. The molecule has 20 heavy (non-hydrogen) atoms. The molecule has 2 aromatic rings. The van der Waals surface area contributed by atoms with Crippen LogP contribution in [-0.2, 0) is 6.18 Å². The minimum atomic E-state index is -4.75. The number of benzene rings is 1. The van der Waals surface area contributed by atoms with E-state index in [1.54, 1.807) is 10.2 Å². The van der Waals surface area contributed by atoms with Gasteiger partial charge >= 0.3 is 6.18 Å². The van der Waals surface area contributed by atoms with E-state index in [0.717, 1.165) is 0 Å². The third-order valence-electron chi connectivity index (χ3n) is 2.28. The zero-order valence-corrected chi connectivity index (χ0v) is 9.69. The Hall–Kier alpha value is -2.89. The first-order chi connectivity index (χ1) is 9.41. The van der Waals surface area contributed by atoms with Crippen LogP contribution in [0.5, 0.6) is 0 Å². The van der Waals surface area contributed by atoms with Gasteiger partial charge in [0, 0.05) is 0 Å². The summed E-state index contributed by atoms with van der Waals surface area (Å²) in [6, 6.07) is 7.63. The monoisotopic (exact) mass is 281 g/mol. The van der Waals surface area contributed by atoms with Crippen molar-refractivity contribution in [1.29, 1.82) is 5.26 Å². The van der Waals surface area contributed by atoms with E-state index in [1.807, 2.05) is 6.07 Å². The zero-order valence-electron chi connectivity index (χ0n) is 9.69. The summed E-state index contributed by atoms with van der Waals surface area (Å²) in [5.41, 5.74) is -2.75. The Morgan fingerprint density at radius 3 is 2.60 bits per heavy atom. The summed E-state index contributed by atoms with van der Waals surface area (Å²) in [6.07, 6.45) is -4.75. The Morgan fingerprint density at radius 1 is 1.20 bits per heavy atom. The van der Waals surface area contributed by atoms with Crippen molar-refractivity contribution in [2.45, 2.75) is 6.18 Å². The molecule has 1 aromatic heterocycles. The molecule has 0 spiro atoms. The number of aromatic amines is 2. The minimum Gasteiger partial charge on any atom is -0.292 e. The molecule has 0 fully saturated rings. The normalized spacial score (nSPS) is 11.7. The summed E-state index contributed by atoms with van der Waals surface area (Å²) in [5.74, 6) is 0. The number of H-pyrrole nitrogens is 2. The second-order valence-electron chi connectivity index (χ2n) is 3.66. The number of aromatic nitrogens is 2. The SMILES string of the molecule is N#Cc1cccc(N=Nc2c(C(F)(F)F)[nH][nH]c2=O)c1. The van der Waals surface area contributed by atoms with Gasteiger partial charge in [-0.3, -0.25) is 15.0 Å². The van der Waals surface area contributed by atoms with Crippen molar-refractivity contribution >= 4 is 11.4 Å². The van der Waals surface area contributed by atoms with Crippen molar-refractivity contribution in [2.75, 3.05) is 0 Å². The lowest BCUT2D eigenvalue weighted by Gasteiger charge is -2.02. The van der Waals surface area contributed by atoms with Gasteiger partial charge in [-0.2, -0.15) is 23.5 Å². The molecule has 102 valence electrons. The van der Waals surface area contributed by atoms with Gasteiger partial charge in [0.1, 0.15) is 0 Å². The van der Waals surface area contributed by atoms with Crippen LogP contribution in [0.1, 0.15) is 11.3 Å². The van der Waals surface area contributed by atoms with Gasteiger partial charge in [0.15, 0.2) is 11.4 Å². The first-order valence-corrected chi connectivity index (χ1v) is 5.21. The second kappa shape index (κ2) is 5.00. The fourth-order valence-corrected chi connectivity index (χ4v) is 1.40. The van der Waals surface area contributed by atoms with E-state index < -0.39 is 23.1 Å². The van der Waals surface area contributed by atoms with Crippen molar-refractivity contribution in [1.82, 2.24) is 10.2 Å². The summed E-state index contributed by atoms with van der Waals surface area (Å²) in [6.45, 7) is 0. The van der Waals surface area contributed by atoms with Gasteiger partial charge in [-0.25, -0.2) is 0 Å². The fraction of sp³-hybridized carbons (Fsp3) is 0.0909. The van der Waals surface area contributed by atoms with E-state index in [0.29, 0.717) is 0 Å². The van der Waals surface area contributed by atoms with Crippen LogP contribution < -0.4 is 5.56 Å². The van der Waals surface area contributed by atoms with Gasteiger partial charge in [0.05, 0.1) is 17.3 Å². The first-order valence-electron chi connectivity index (χ1n) is 5.21. The van der Waals surface area contributed by atoms with E-state index in [9.17, 15) is 18.0 Å². The van der Waals surface area contributed by atoms with Crippen molar-refractivity contribution in [3.05, 3.63) is 45.9 Å². The molecule has 0 saturated carbocycles. The number of nitrogens with one attached hydrogen (secondary N) is 2. The van der Waals surface area contributed by atoms with Crippen LogP contribution in [0.4, 0.5) is 24.5 Å². The Kier molecular flexibility index (Phi) is 3.39. The number of rotatable bonds is 2. The van der Waals surface area contributed by atoms with Crippen LogP contribution in [0, 0.1) is 11.3 Å². The topological polar surface area (TPSA) is 97.2 Å². The number of azo groups is 1. The second-order valence-corrected chi connectivity index (χ2v) is 3.66. The van der Waals surface area contributed by atoms with Gasteiger partial charge in [0.25, 0.3) is 5.56 Å². The minimum absolute atomic E-state index is 0.165. The molecule has 0 radical (unpaired) electrons. The van der Waals surface area contributed by atoms with Crippen LogP contribution in [0.2, 0.25) is 0 Å². The molecule has 0 aliphatic heterocycles. The largest absolute Gasteiger partial charge is 0.435 e. The fourth-order valence-electron chi connectivity index (χ4n) is 1.40. The molecule has 1 aromatic carbocycles. The average Bonchev–Trinajstić information content (AvgIpc) is 2.78. The van der Waals surface area contributed by atoms with Crippen molar-refractivity contribution in [2.24, 2.45) is 10.2 Å². The van der Waals surface area contributed by atoms with Gasteiger partial charge in [-0.15, -0.1) is 5.11 Å². The lowest BCUT2D eigenvalue weighted by Crippen LogP contribution is -2.06. The number of nitrogens with zero attached hydrogens (tertiary/aromatic N) is 3. The number of alkyl halides is 3. The van der Waals surface area contributed by atoms with Crippen LogP contribution in [-0.4, -0.2) is 10.2 Å². The third-order valence-corrected chi connectivity index (χ3v) is 2.28. The van der Waals surface area contributed by atoms with Crippen molar-refractivity contribution in [3.8, 4) is 6.07 Å². The average molecular weight is 281 g/mol. The Balaban J connectivity index is 2.40. The molecule has 0 bridgehead atoms. The zero-order chi connectivity index (χ0) is 14.8. The molecular formula is C11H6F3N5O. The standard InChI is InChI=1S/C11H6F3N5O/c12-11(13,14)9-8(10(20)19-18-9)17-16-7-3-1-2-6(4-7)5-15/h1-4H,(H2,18,19,20). The maximum Gasteiger partial charge on any atom is 0.435 e. The maximum atomic E-state index is 12.6. The Labute approximate surface area is 109 Å². The van der Waals surface area contributed by atoms with E-state index in [-0.39, 0.29) is 11.3 Å². The van der Waals surface area contributed by atoms with Crippen LogP contribution in [0.3, 0.4) is 0 Å². The first kappa shape index (κ1) is 13.5. The van der Waals surface area contributed by atoms with E-state index in [1.165, 1.54) is 24.3 Å². The van der Waals surface area contributed by atoms with E-state index in [2.05, 4.69) is 10.2 Å². The number of hydrogen-bond acceptors (Lipinski definition) is 4. The Morgan fingerprint density at radius 2 is 1.95 bits per heavy atom. The smallest absolute Gasteiger partial charge is 0.292 e. The van der Waals surface area contributed by atoms with Crippen molar-refractivity contribution < 1.29 is 13.2 Å². The molecule has 1 heterocycles. The molecule has 0 atom stereocenters. The summed E-state index contributed by atoms with van der Waals surface area (Å²) >= 11 is 0. The number of nitriles is 1. The Bertz CT molecular complexity index is 750. The van der Waals surface area contributed by atoms with Crippen molar-refractivity contribution in [3.63, 3.8) is 0 Å². The van der Waals surface area contributed by atoms with Gasteiger partial charge in [0.2, 0.25) is 0 Å². The maximum absolute atomic E-state index is 12.6. The lowest BCUT2D eigenvalue weighted by molar-refractivity contribution is -0.140. The van der Waals surface area contributed by atoms with Gasteiger partial charge < -0.3 is 0 Å². The molecule has 0 aliphatic carbocycles. The summed E-state index contributed by atoms with van der Waals surface area (Å²) in [7, 11) is 0. The molecule has 9 heteroatoms. The van der Waals surface area contributed by atoms with E-state index >= 15 is 0 Å².